The predicted molar refractivity (Wildman–Crippen MR) is 48.0 cm³/mol. The zero-order valence-corrected chi connectivity index (χ0v) is 7.57. The van der Waals surface area contributed by atoms with Gasteiger partial charge < -0.3 is 14.3 Å². The van der Waals surface area contributed by atoms with Crippen LogP contribution in [0.4, 0.5) is 0 Å². The van der Waals surface area contributed by atoms with Crippen LogP contribution < -0.4 is 0 Å². The first-order valence-electron chi connectivity index (χ1n) is 4.53. The minimum Gasteiger partial charge on any atom is -0.353 e. The first-order valence-corrected chi connectivity index (χ1v) is 4.53. The van der Waals surface area contributed by atoms with Crippen LogP contribution in [0.5, 0.6) is 0 Å². The zero-order valence-electron chi connectivity index (χ0n) is 7.57. The number of aldehydes is 1. The fourth-order valence-electron chi connectivity index (χ4n) is 1.25. The molecule has 1 heterocycles. The van der Waals surface area contributed by atoms with Crippen LogP contribution in [-0.2, 0) is 14.3 Å². The van der Waals surface area contributed by atoms with Crippen LogP contribution in [0, 0.1) is 12.3 Å². The third kappa shape index (κ3) is 3.58. The largest absolute Gasteiger partial charge is 0.353 e. The Labute approximate surface area is 78.4 Å². The van der Waals surface area contributed by atoms with Gasteiger partial charge in [0, 0.05) is 13.0 Å². The highest BCUT2D eigenvalue weighted by atomic mass is 16.7. The van der Waals surface area contributed by atoms with Gasteiger partial charge in [-0.15, -0.1) is 6.42 Å². The zero-order chi connectivity index (χ0) is 9.52. The van der Waals surface area contributed by atoms with Gasteiger partial charge in [-0.1, -0.05) is 5.92 Å². The standard InChI is InChI=1S/C10H14O3/c1-2-9(6-7-11)13-10-5-3-4-8-12-10/h1,7,9-10H,3-6,8H2/t9-,10?/m1/s1. The summed E-state index contributed by atoms with van der Waals surface area (Å²) in [6, 6.07) is 0. The Morgan fingerprint density at radius 2 is 2.54 bits per heavy atom. The molecule has 0 aromatic carbocycles. The molecule has 3 nitrogen and oxygen atoms in total. The molecule has 1 aliphatic rings. The van der Waals surface area contributed by atoms with Crippen molar-refractivity contribution in [1.82, 2.24) is 0 Å². The molecule has 1 unspecified atom stereocenters. The van der Waals surface area contributed by atoms with Gasteiger partial charge in [0.1, 0.15) is 12.4 Å². The molecule has 1 saturated heterocycles. The molecule has 72 valence electrons. The van der Waals surface area contributed by atoms with Crippen LogP contribution in [0.25, 0.3) is 0 Å². The summed E-state index contributed by atoms with van der Waals surface area (Å²) in [4.78, 5) is 10.2. The van der Waals surface area contributed by atoms with Gasteiger partial charge in [-0.2, -0.15) is 0 Å². The summed E-state index contributed by atoms with van der Waals surface area (Å²) in [7, 11) is 0. The van der Waals surface area contributed by atoms with Crippen molar-refractivity contribution in [2.24, 2.45) is 0 Å². The minimum absolute atomic E-state index is 0.213. The Kier molecular flexibility index (Phi) is 4.52. The van der Waals surface area contributed by atoms with Crippen LogP contribution in [0.3, 0.4) is 0 Å². The molecule has 3 heteroatoms. The fraction of sp³-hybridized carbons (Fsp3) is 0.700. The molecular formula is C10H14O3. The number of hydrogen-bond donors (Lipinski definition) is 0. The minimum atomic E-state index is -0.430. The molecule has 1 fully saturated rings. The molecule has 0 amide bonds. The summed E-state index contributed by atoms with van der Waals surface area (Å²) >= 11 is 0. The van der Waals surface area contributed by atoms with E-state index in [0.717, 1.165) is 32.2 Å². The number of hydrogen-bond acceptors (Lipinski definition) is 3. The number of terminal acetylenes is 1. The van der Waals surface area contributed by atoms with Crippen LogP contribution in [0.15, 0.2) is 0 Å². The van der Waals surface area contributed by atoms with E-state index in [1.54, 1.807) is 0 Å². The summed E-state index contributed by atoms with van der Waals surface area (Å²) in [5.74, 6) is 2.42. The monoisotopic (exact) mass is 182 g/mol. The lowest BCUT2D eigenvalue weighted by Gasteiger charge is -2.24. The van der Waals surface area contributed by atoms with E-state index in [1.165, 1.54) is 0 Å². The molecule has 1 aliphatic heterocycles. The maximum atomic E-state index is 10.2. The van der Waals surface area contributed by atoms with E-state index < -0.39 is 6.10 Å². The SMILES string of the molecule is C#C[C@H](CC=O)OC1CCCCO1. The van der Waals surface area contributed by atoms with Crippen molar-refractivity contribution in [3.05, 3.63) is 0 Å². The van der Waals surface area contributed by atoms with E-state index >= 15 is 0 Å². The number of rotatable bonds is 4. The lowest BCUT2D eigenvalue weighted by atomic mass is 10.2. The lowest BCUT2D eigenvalue weighted by molar-refractivity contribution is -0.177. The Morgan fingerprint density at radius 3 is 3.08 bits per heavy atom. The van der Waals surface area contributed by atoms with Gasteiger partial charge in [-0.3, -0.25) is 0 Å². The van der Waals surface area contributed by atoms with E-state index in [-0.39, 0.29) is 12.7 Å². The first-order chi connectivity index (χ1) is 6.36. The van der Waals surface area contributed by atoms with Crippen molar-refractivity contribution in [2.75, 3.05) is 6.61 Å². The third-order valence-electron chi connectivity index (χ3n) is 1.95. The fourth-order valence-corrected chi connectivity index (χ4v) is 1.25. The molecule has 2 atom stereocenters. The van der Waals surface area contributed by atoms with Gasteiger partial charge in [-0.25, -0.2) is 0 Å². The van der Waals surface area contributed by atoms with Crippen LogP contribution >= 0.6 is 0 Å². The van der Waals surface area contributed by atoms with Crippen molar-refractivity contribution in [3.8, 4) is 12.3 Å². The van der Waals surface area contributed by atoms with Gasteiger partial charge >= 0.3 is 0 Å². The molecule has 0 bridgehead atoms. The van der Waals surface area contributed by atoms with Crippen molar-refractivity contribution < 1.29 is 14.3 Å². The Morgan fingerprint density at radius 1 is 1.69 bits per heavy atom. The van der Waals surface area contributed by atoms with Crippen LogP contribution in [-0.4, -0.2) is 25.3 Å². The highest BCUT2D eigenvalue weighted by molar-refractivity contribution is 5.51. The van der Waals surface area contributed by atoms with E-state index in [2.05, 4.69) is 5.92 Å². The highest BCUT2D eigenvalue weighted by Crippen LogP contribution is 2.15. The summed E-state index contributed by atoms with van der Waals surface area (Å²) in [6.07, 6.45) is 8.61. The quantitative estimate of drug-likeness (QED) is 0.483. The molecule has 0 N–H and O–H groups in total. The van der Waals surface area contributed by atoms with Gasteiger partial charge in [0.15, 0.2) is 6.29 Å². The molecule has 0 spiro atoms. The lowest BCUT2D eigenvalue weighted by Crippen LogP contribution is -2.27. The predicted octanol–water partition coefficient (Wildman–Crippen LogP) is 1.12. The van der Waals surface area contributed by atoms with Crippen molar-refractivity contribution in [3.63, 3.8) is 0 Å². The maximum absolute atomic E-state index is 10.2. The van der Waals surface area contributed by atoms with E-state index in [1.807, 2.05) is 0 Å². The van der Waals surface area contributed by atoms with Gasteiger partial charge in [0.2, 0.25) is 0 Å². The number of carbonyl (C=O) groups is 1. The molecule has 0 aromatic heterocycles. The van der Waals surface area contributed by atoms with Gasteiger partial charge in [0.25, 0.3) is 0 Å². The smallest absolute Gasteiger partial charge is 0.159 e. The maximum Gasteiger partial charge on any atom is 0.159 e. The number of ether oxygens (including phenoxy) is 2. The first kappa shape index (κ1) is 10.2. The second-order valence-corrected chi connectivity index (χ2v) is 2.99. The average molecular weight is 182 g/mol. The topological polar surface area (TPSA) is 35.5 Å². The van der Waals surface area contributed by atoms with Crippen LogP contribution in [0.2, 0.25) is 0 Å². The molecular weight excluding hydrogens is 168 g/mol. The van der Waals surface area contributed by atoms with Crippen molar-refractivity contribution in [2.45, 2.75) is 38.1 Å². The van der Waals surface area contributed by atoms with Gasteiger partial charge in [-0.05, 0) is 19.3 Å². The second kappa shape index (κ2) is 5.74. The normalized spacial score (nSPS) is 24.7. The Hall–Kier alpha value is -0.850. The highest BCUT2D eigenvalue weighted by Gasteiger charge is 2.17. The Bertz CT molecular complexity index is 189. The summed E-state index contributed by atoms with van der Waals surface area (Å²) in [5, 5.41) is 0. The van der Waals surface area contributed by atoms with Gasteiger partial charge in [0.05, 0.1) is 0 Å². The molecule has 0 saturated carbocycles. The molecule has 13 heavy (non-hydrogen) atoms. The Balaban J connectivity index is 2.27. The summed E-state index contributed by atoms with van der Waals surface area (Å²) in [6.45, 7) is 0.725. The van der Waals surface area contributed by atoms with Crippen LogP contribution in [0.1, 0.15) is 25.7 Å². The number of carbonyl (C=O) groups excluding carboxylic acids is 1. The molecule has 1 rings (SSSR count). The van der Waals surface area contributed by atoms with Crippen molar-refractivity contribution in [1.29, 1.82) is 0 Å². The summed E-state index contributed by atoms with van der Waals surface area (Å²) < 4.78 is 10.7. The second-order valence-electron chi connectivity index (χ2n) is 2.99. The van der Waals surface area contributed by atoms with E-state index in [9.17, 15) is 4.79 Å². The van der Waals surface area contributed by atoms with E-state index in [0.29, 0.717) is 0 Å². The summed E-state index contributed by atoms with van der Waals surface area (Å²) in [5.41, 5.74) is 0. The molecule has 0 radical (unpaired) electrons. The molecule has 0 aromatic rings. The average Bonchev–Trinajstić information content (AvgIpc) is 2.19. The van der Waals surface area contributed by atoms with Crippen molar-refractivity contribution >= 4 is 6.29 Å². The van der Waals surface area contributed by atoms with E-state index in [4.69, 9.17) is 15.9 Å². The molecule has 0 aliphatic carbocycles. The third-order valence-corrected chi connectivity index (χ3v) is 1.95.